The molecule has 1 aliphatic heterocycles. The Morgan fingerprint density at radius 2 is 2.20 bits per heavy atom. The number of hydrogen-bond donors (Lipinski definition) is 1. The summed E-state index contributed by atoms with van der Waals surface area (Å²) in [6, 6.07) is 0. The summed E-state index contributed by atoms with van der Waals surface area (Å²) in [5.74, 6) is 1.50. The molecule has 1 aliphatic rings. The standard InChI is InChI=1S/C13H27NO/c1-4-6-13-12(7-5-8-15-13)10-14-9-11(2)3/h11-14H,4-10H2,1-3H3. The van der Waals surface area contributed by atoms with E-state index in [4.69, 9.17) is 4.74 Å². The SMILES string of the molecule is CCCC1OCCCC1CNCC(C)C. The molecule has 15 heavy (non-hydrogen) atoms. The van der Waals surface area contributed by atoms with E-state index in [0.29, 0.717) is 6.10 Å². The predicted molar refractivity (Wildman–Crippen MR) is 65.1 cm³/mol. The lowest BCUT2D eigenvalue weighted by Gasteiger charge is -2.32. The Bertz CT molecular complexity index is 157. The van der Waals surface area contributed by atoms with Crippen LogP contribution in [0, 0.1) is 11.8 Å². The summed E-state index contributed by atoms with van der Waals surface area (Å²) >= 11 is 0. The van der Waals surface area contributed by atoms with E-state index in [1.807, 2.05) is 0 Å². The van der Waals surface area contributed by atoms with Gasteiger partial charge in [0, 0.05) is 13.2 Å². The third-order valence-corrected chi connectivity index (χ3v) is 3.11. The van der Waals surface area contributed by atoms with Crippen molar-refractivity contribution in [2.75, 3.05) is 19.7 Å². The van der Waals surface area contributed by atoms with Crippen LogP contribution in [-0.4, -0.2) is 25.8 Å². The van der Waals surface area contributed by atoms with Crippen molar-refractivity contribution in [1.29, 1.82) is 0 Å². The number of nitrogens with one attached hydrogen (secondary N) is 1. The summed E-state index contributed by atoms with van der Waals surface area (Å²) in [5, 5.41) is 3.56. The summed E-state index contributed by atoms with van der Waals surface area (Å²) in [4.78, 5) is 0. The monoisotopic (exact) mass is 213 g/mol. The molecule has 90 valence electrons. The van der Waals surface area contributed by atoms with Crippen molar-refractivity contribution in [3.63, 3.8) is 0 Å². The average Bonchev–Trinajstić information content (AvgIpc) is 2.20. The van der Waals surface area contributed by atoms with E-state index in [0.717, 1.165) is 31.5 Å². The summed E-state index contributed by atoms with van der Waals surface area (Å²) in [7, 11) is 0. The molecular formula is C13H27NO. The molecule has 1 N–H and O–H groups in total. The Morgan fingerprint density at radius 3 is 2.87 bits per heavy atom. The van der Waals surface area contributed by atoms with Gasteiger partial charge in [0.1, 0.15) is 0 Å². The first-order valence-electron chi connectivity index (χ1n) is 6.56. The largest absolute Gasteiger partial charge is 0.378 e. The molecule has 0 amide bonds. The van der Waals surface area contributed by atoms with Gasteiger partial charge in [-0.1, -0.05) is 27.2 Å². The molecule has 2 unspecified atom stereocenters. The minimum absolute atomic E-state index is 0.517. The van der Waals surface area contributed by atoms with Crippen LogP contribution in [0.3, 0.4) is 0 Å². The fraction of sp³-hybridized carbons (Fsp3) is 1.00. The molecule has 0 saturated carbocycles. The molecule has 1 saturated heterocycles. The van der Waals surface area contributed by atoms with Crippen LogP contribution in [0.5, 0.6) is 0 Å². The minimum atomic E-state index is 0.517. The van der Waals surface area contributed by atoms with E-state index in [-0.39, 0.29) is 0 Å². The molecule has 1 rings (SSSR count). The Morgan fingerprint density at radius 1 is 1.40 bits per heavy atom. The maximum atomic E-state index is 5.85. The van der Waals surface area contributed by atoms with Crippen LogP contribution in [0.4, 0.5) is 0 Å². The van der Waals surface area contributed by atoms with E-state index in [2.05, 4.69) is 26.1 Å². The van der Waals surface area contributed by atoms with Crippen LogP contribution in [0.1, 0.15) is 46.5 Å². The molecule has 0 aromatic heterocycles. The molecular weight excluding hydrogens is 186 g/mol. The van der Waals surface area contributed by atoms with Gasteiger partial charge in [-0.25, -0.2) is 0 Å². The Kier molecular flexibility index (Phi) is 6.26. The zero-order valence-electron chi connectivity index (χ0n) is 10.6. The fourth-order valence-electron chi connectivity index (χ4n) is 2.30. The van der Waals surface area contributed by atoms with Crippen LogP contribution in [0.25, 0.3) is 0 Å². The third kappa shape index (κ3) is 4.98. The van der Waals surface area contributed by atoms with Crippen molar-refractivity contribution in [1.82, 2.24) is 5.32 Å². The van der Waals surface area contributed by atoms with Gasteiger partial charge in [-0.2, -0.15) is 0 Å². The average molecular weight is 213 g/mol. The second-order valence-electron chi connectivity index (χ2n) is 5.15. The second-order valence-corrected chi connectivity index (χ2v) is 5.15. The Hall–Kier alpha value is -0.0800. The third-order valence-electron chi connectivity index (χ3n) is 3.11. The van der Waals surface area contributed by atoms with Crippen LogP contribution < -0.4 is 5.32 Å². The molecule has 1 fully saturated rings. The Balaban J connectivity index is 2.23. The van der Waals surface area contributed by atoms with Gasteiger partial charge < -0.3 is 10.1 Å². The lowest BCUT2D eigenvalue weighted by atomic mass is 9.91. The van der Waals surface area contributed by atoms with E-state index in [1.165, 1.54) is 25.7 Å². The van der Waals surface area contributed by atoms with Gasteiger partial charge in [0.05, 0.1) is 6.10 Å². The van der Waals surface area contributed by atoms with Crippen LogP contribution in [0.2, 0.25) is 0 Å². The van der Waals surface area contributed by atoms with Crippen molar-refractivity contribution >= 4 is 0 Å². The number of ether oxygens (including phenoxy) is 1. The highest BCUT2D eigenvalue weighted by Crippen LogP contribution is 2.23. The van der Waals surface area contributed by atoms with Gasteiger partial charge in [0.25, 0.3) is 0 Å². The highest BCUT2D eigenvalue weighted by atomic mass is 16.5. The molecule has 0 aromatic rings. The lowest BCUT2D eigenvalue weighted by Crippen LogP contribution is -2.37. The lowest BCUT2D eigenvalue weighted by molar-refractivity contribution is -0.0305. The predicted octanol–water partition coefficient (Wildman–Crippen LogP) is 2.83. The van der Waals surface area contributed by atoms with Gasteiger partial charge in [-0.15, -0.1) is 0 Å². The van der Waals surface area contributed by atoms with Crippen LogP contribution in [0.15, 0.2) is 0 Å². The van der Waals surface area contributed by atoms with Gasteiger partial charge in [0.15, 0.2) is 0 Å². The fourth-order valence-corrected chi connectivity index (χ4v) is 2.30. The summed E-state index contributed by atoms with van der Waals surface area (Å²) in [6.45, 7) is 10.0. The smallest absolute Gasteiger partial charge is 0.0615 e. The quantitative estimate of drug-likeness (QED) is 0.732. The van der Waals surface area contributed by atoms with Crippen LogP contribution in [-0.2, 0) is 4.74 Å². The topological polar surface area (TPSA) is 21.3 Å². The Labute approximate surface area is 94.8 Å². The van der Waals surface area contributed by atoms with E-state index in [9.17, 15) is 0 Å². The molecule has 0 aliphatic carbocycles. The van der Waals surface area contributed by atoms with Crippen molar-refractivity contribution in [3.8, 4) is 0 Å². The first kappa shape index (κ1) is 13.0. The van der Waals surface area contributed by atoms with E-state index < -0.39 is 0 Å². The molecule has 0 bridgehead atoms. The number of rotatable bonds is 6. The van der Waals surface area contributed by atoms with Crippen molar-refractivity contribution in [2.45, 2.75) is 52.6 Å². The molecule has 2 nitrogen and oxygen atoms in total. The zero-order valence-corrected chi connectivity index (χ0v) is 10.6. The summed E-state index contributed by atoms with van der Waals surface area (Å²) in [6.07, 6.45) is 5.58. The highest BCUT2D eigenvalue weighted by Gasteiger charge is 2.24. The molecule has 2 heteroatoms. The van der Waals surface area contributed by atoms with Crippen molar-refractivity contribution in [2.24, 2.45) is 11.8 Å². The highest BCUT2D eigenvalue weighted by molar-refractivity contribution is 4.76. The van der Waals surface area contributed by atoms with Crippen molar-refractivity contribution < 1.29 is 4.74 Å². The van der Waals surface area contributed by atoms with Gasteiger partial charge in [0.2, 0.25) is 0 Å². The molecule has 0 radical (unpaired) electrons. The molecule has 1 heterocycles. The van der Waals surface area contributed by atoms with E-state index in [1.54, 1.807) is 0 Å². The second kappa shape index (κ2) is 7.24. The number of hydrogen-bond acceptors (Lipinski definition) is 2. The molecule has 0 aromatic carbocycles. The minimum Gasteiger partial charge on any atom is -0.378 e. The zero-order chi connectivity index (χ0) is 11.1. The summed E-state index contributed by atoms with van der Waals surface area (Å²) < 4.78 is 5.85. The van der Waals surface area contributed by atoms with Gasteiger partial charge >= 0.3 is 0 Å². The van der Waals surface area contributed by atoms with E-state index >= 15 is 0 Å². The van der Waals surface area contributed by atoms with Crippen LogP contribution >= 0.6 is 0 Å². The van der Waals surface area contributed by atoms with Gasteiger partial charge in [-0.05, 0) is 37.6 Å². The molecule has 0 spiro atoms. The maximum absolute atomic E-state index is 5.85. The van der Waals surface area contributed by atoms with Gasteiger partial charge in [-0.3, -0.25) is 0 Å². The van der Waals surface area contributed by atoms with Crippen molar-refractivity contribution in [3.05, 3.63) is 0 Å². The normalized spacial score (nSPS) is 27.2. The summed E-state index contributed by atoms with van der Waals surface area (Å²) in [5.41, 5.74) is 0. The first-order chi connectivity index (χ1) is 7.24. The first-order valence-corrected chi connectivity index (χ1v) is 6.56. The molecule has 2 atom stereocenters. The maximum Gasteiger partial charge on any atom is 0.0615 e.